The average Bonchev–Trinajstić information content (AvgIpc) is 2.07. The Kier molecular flexibility index (Phi) is 3.58. The van der Waals surface area contributed by atoms with Gasteiger partial charge in [0.15, 0.2) is 0 Å². The second-order valence-electron chi connectivity index (χ2n) is 3.44. The first kappa shape index (κ1) is 9.57. The smallest absolute Gasteiger partial charge is 0.0710 e. The molecule has 2 nitrogen and oxygen atoms in total. The molecule has 0 aromatic carbocycles. The van der Waals surface area contributed by atoms with Crippen molar-refractivity contribution in [2.24, 2.45) is 0 Å². The maximum atomic E-state index is 5.45. The van der Waals surface area contributed by atoms with Crippen molar-refractivity contribution in [3.63, 3.8) is 0 Å². The molecule has 1 N–H and O–H groups in total. The Hall–Kier alpha value is -0.520. The summed E-state index contributed by atoms with van der Waals surface area (Å²) < 4.78 is 0. The Balaban J connectivity index is 2.45. The summed E-state index contributed by atoms with van der Waals surface area (Å²) in [5.41, 5.74) is 0. The number of rotatable bonds is 2. The van der Waals surface area contributed by atoms with Crippen LogP contribution in [0.15, 0.2) is 0 Å². The van der Waals surface area contributed by atoms with Gasteiger partial charge < -0.3 is 5.32 Å². The van der Waals surface area contributed by atoms with Crippen molar-refractivity contribution in [3.8, 4) is 12.3 Å². The highest BCUT2D eigenvalue weighted by Gasteiger charge is 2.20. The third-order valence-corrected chi connectivity index (χ3v) is 2.42. The lowest BCUT2D eigenvalue weighted by Crippen LogP contribution is -2.52. The van der Waals surface area contributed by atoms with E-state index in [-0.39, 0.29) is 0 Å². The molecule has 1 saturated heterocycles. The lowest BCUT2D eigenvalue weighted by Gasteiger charge is -2.35. The lowest BCUT2D eigenvalue weighted by molar-refractivity contribution is 0.175. The van der Waals surface area contributed by atoms with E-state index in [0.717, 1.165) is 26.1 Å². The lowest BCUT2D eigenvalue weighted by atomic mass is 10.1. The van der Waals surface area contributed by atoms with Crippen molar-refractivity contribution >= 4 is 0 Å². The van der Waals surface area contributed by atoms with E-state index in [9.17, 15) is 0 Å². The number of hydrogen-bond acceptors (Lipinski definition) is 2. The van der Waals surface area contributed by atoms with Gasteiger partial charge in [0.2, 0.25) is 0 Å². The summed E-state index contributed by atoms with van der Waals surface area (Å²) in [5, 5.41) is 3.40. The zero-order chi connectivity index (χ0) is 8.97. The highest BCUT2D eigenvalue weighted by molar-refractivity contribution is 5.00. The number of hydrogen-bond donors (Lipinski definition) is 1. The van der Waals surface area contributed by atoms with Gasteiger partial charge in [-0.2, -0.15) is 0 Å². The molecule has 1 fully saturated rings. The van der Waals surface area contributed by atoms with E-state index in [1.54, 1.807) is 0 Å². The fourth-order valence-corrected chi connectivity index (χ4v) is 1.73. The molecule has 68 valence electrons. The van der Waals surface area contributed by atoms with Crippen LogP contribution < -0.4 is 5.32 Å². The number of terminal acetylenes is 1. The average molecular weight is 166 g/mol. The van der Waals surface area contributed by atoms with Crippen LogP contribution in [-0.2, 0) is 0 Å². The molecule has 2 atom stereocenters. The van der Waals surface area contributed by atoms with Gasteiger partial charge in [-0.05, 0) is 13.3 Å². The van der Waals surface area contributed by atoms with Crippen LogP contribution in [0.1, 0.15) is 20.3 Å². The maximum Gasteiger partial charge on any atom is 0.0710 e. The normalized spacial score (nSPS) is 27.9. The zero-order valence-corrected chi connectivity index (χ0v) is 8.01. The fraction of sp³-hybridized carbons (Fsp3) is 0.800. The minimum atomic E-state index is 0.342. The summed E-state index contributed by atoms with van der Waals surface area (Å²) >= 11 is 0. The molecular weight excluding hydrogens is 148 g/mol. The standard InChI is InChI=1S/C10H18N2/c1-4-10(5-2)12-7-6-11-9(3)8-12/h1,9-11H,5-8H2,2-3H3/t9-,10?/m1/s1. The molecule has 1 aliphatic rings. The van der Waals surface area contributed by atoms with Gasteiger partial charge in [0.25, 0.3) is 0 Å². The maximum absolute atomic E-state index is 5.45. The van der Waals surface area contributed by atoms with E-state index in [4.69, 9.17) is 6.42 Å². The van der Waals surface area contributed by atoms with E-state index in [2.05, 4.69) is 30.0 Å². The Morgan fingerprint density at radius 3 is 3.00 bits per heavy atom. The van der Waals surface area contributed by atoms with E-state index in [1.165, 1.54) is 0 Å². The van der Waals surface area contributed by atoms with Crippen molar-refractivity contribution in [1.82, 2.24) is 10.2 Å². The number of nitrogens with zero attached hydrogens (tertiary/aromatic N) is 1. The Morgan fingerprint density at radius 2 is 2.50 bits per heavy atom. The predicted molar refractivity (Wildman–Crippen MR) is 51.9 cm³/mol. The molecule has 2 heteroatoms. The van der Waals surface area contributed by atoms with Gasteiger partial charge >= 0.3 is 0 Å². The molecular formula is C10H18N2. The SMILES string of the molecule is C#CC(CC)N1CCN[C@H](C)C1. The van der Waals surface area contributed by atoms with Gasteiger partial charge in [0, 0.05) is 25.7 Å². The zero-order valence-electron chi connectivity index (χ0n) is 8.01. The molecule has 1 heterocycles. The molecule has 0 bridgehead atoms. The molecule has 1 rings (SSSR count). The second kappa shape index (κ2) is 4.49. The first-order valence-corrected chi connectivity index (χ1v) is 4.71. The van der Waals surface area contributed by atoms with Crippen molar-refractivity contribution in [2.75, 3.05) is 19.6 Å². The van der Waals surface area contributed by atoms with E-state index in [1.807, 2.05) is 0 Å². The van der Waals surface area contributed by atoms with Crippen molar-refractivity contribution in [3.05, 3.63) is 0 Å². The third kappa shape index (κ3) is 2.23. The number of piperazine rings is 1. The Labute approximate surface area is 75.3 Å². The molecule has 0 spiro atoms. The first-order valence-electron chi connectivity index (χ1n) is 4.71. The van der Waals surface area contributed by atoms with Gasteiger partial charge in [-0.25, -0.2) is 0 Å². The molecule has 0 aromatic rings. The minimum Gasteiger partial charge on any atom is -0.312 e. The molecule has 12 heavy (non-hydrogen) atoms. The Morgan fingerprint density at radius 1 is 1.75 bits per heavy atom. The van der Waals surface area contributed by atoms with Crippen LogP contribution in [-0.4, -0.2) is 36.6 Å². The Bertz CT molecular complexity index is 171. The summed E-state index contributed by atoms with van der Waals surface area (Å²) in [6.07, 6.45) is 6.51. The summed E-state index contributed by atoms with van der Waals surface area (Å²) in [5.74, 6) is 2.84. The van der Waals surface area contributed by atoms with Crippen molar-refractivity contribution in [1.29, 1.82) is 0 Å². The number of nitrogens with one attached hydrogen (secondary N) is 1. The van der Waals surface area contributed by atoms with Gasteiger partial charge in [0.05, 0.1) is 6.04 Å². The van der Waals surface area contributed by atoms with Gasteiger partial charge in [-0.3, -0.25) is 4.90 Å². The molecule has 0 saturated carbocycles. The van der Waals surface area contributed by atoms with E-state index < -0.39 is 0 Å². The van der Waals surface area contributed by atoms with Crippen LogP contribution in [0, 0.1) is 12.3 Å². The first-order chi connectivity index (χ1) is 5.77. The fourth-order valence-electron chi connectivity index (χ4n) is 1.73. The van der Waals surface area contributed by atoms with Crippen LogP contribution in [0.5, 0.6) is 0 Å². The van der Waals surface area contributed by atoms with Crippen molar-refractivity contribution < 1.29 is 0 Å². The highest BCUT2D eigenvalue weighted by Crippen LogP contribution is 2.06. The van der Waals surface area contributed by atoms with Crippen LogP contribution >= 0.6 is 0 Å². The summed E-state index contributed by atoms with van der Waals surface area (Å²) in [7, 11) is 0. The van der Waals surface area contributed by atoms with Crippen LogP contribution in [0.25, 0.3) is 0 Å². The van der Waals surface area contributed by atoms with Gasteiger partial charge in [-0.1, -0.05) is 12.8 Å². The highest BCUT2D eigenvalue weighted by atomic mass is 15.2. The summed E-state index contributed by atoms with van der Waals surface area (Å²) in [6, 6.07) is 0.927. The van der Waals surface area contributed by atoms with Crippen LogP contribution in [0.3, 0.4) is 0 Å². The second-order valence-corrected chi connectivity index (χ2v) is 3.44. The predicted octanol–water partition coefficient (Wildman–Crippen LogP) is 0.692. The van der Waals surface area contributed by atoms with Crippen LogP contribution in [0.4, 0.5) is 0 Å². The third-order valence-electron chi connectivity index (χ3n) is 2.42. The molecule has 0 amide bonds. The van der Waals surface area contributed by atoms with Crippen LogP contribution in [0.2, 0.25) is 0 Å². The monoisotopic (exact) mass is 166 g/mol. The largest absolute Gasteiger partial charge is 0.312 e. The molecule has 0 radical (unpaired) electrons. The molecule has 1 unspecified atom stereocenters. The van der Waals surface area contributed by atoms with E-state index >= 15 is 0 Å². The summed E-state index contributed by atoms with van der Waals surface area (Å²) in [4.78, 5) is 2.39. The molecule has 0 aromatic heterocycles. The molecule has 1 aliphatic heterocycles. The van der Waals surface area contributed by atoms with Crippen molar-refractivity contribution in [2.45, 2.75) is 32.4 Å². The topological polar surface area (TPSA) is 15.3 Å². The quantitative estimate of drug-likeness (QED) is 0.607. The summed E-state index contributed by atoms with van der Waals surface area (Å²) in [6.45, 7) is 7.60. The van der Waals surface area contributed by atoms with Gasteiger partial charge in [0.1, 0.15) is 0 Å². The minimum absolute atomic E-state index is 0.342. The van der Waals surface area contributed by atoms with Gasteiger partial charge in [-0.15, -0.1) is 6.42 Å². The molecule has 0 aliphatic carbocycles. The van der Waals surface area contributed by atoms with E-state index in [0.29, 0.717) is 12.1 Å².